The Labute approximate surface area is 252 Å². The quantitative estimate of drug-likeness (QED) is 0.248. The number of piperidine rings is 3. The summed E-state index contributed by atoms with van der Waals surface area (Å²) in [5, 5.41) is 24.4. The van der Waals surface area contributed by atoms with Crippen molar-refractivity contribution in [2.24, 2.45) is 17.8 Å². The Kier molecular flexibility index (Phi) is 11.5. The third kappa shape index (κ3) is 8.64. The Morgan fingerprint density at radius 3 is 2.67 bits per heavy atom. The van der Waals surface area contributed by atoms with Crippen LogP contribution >= 0.6 is 0 Å². The molecule has 2 amide bonds. The molecule has 240 valence electrons. The molecule has 0 aromatic carbocycles. The van der Waals surface area contributed by atoms with E-state index in [1.165, 1.54) is 6.42 Å². The second-order valence-corrected chi connectivity index (χ2v) is 13.8. The number of fused-ring (bicyclic) bond motifs is 1. The maximum atomic E-state index is 13.0. The third-order valence-corrected chi connectivity index (χ3v) is 10.6. The Morgan fingerprint density at radius 1 is 1.05 bits per heavy atom. The van der Waals surface area contributed by atoms with Crippen molar-refractivity contribution in [3.05, 3.63) is 0 Å². The van der Waals surface area contributed by atoms with Crippen LogP contribution in [0.4, 0.5) is 0 Å². The molecule has 11 heteroatoms. The van der Waals surface area contributed by atoms with Crippen molar-refractivity contribution in [2.75, 3.05) is 52.6 Å². The number of β-amino-alcohol motifs (C(OH)–C–C–N with tert-alkyl or cyclic N) is 1. The highest BCUT2D eigenvalue weighted by Crippen LogP contribution is 2.37. The number of likely N-dealkylation sites (tertiary alicyclic amines) is 2. The normalized spacial score (nSPS) is 38.6. The number of hydrogen-bond acceptors (Lipinski definition) is 9. The number of nitrogens with one attached hydrogen (secondary N) is 4. The Hall–Kier alpha value is -1.34. The molecule has 42 heavy (non-hydrogen) atoms. The van der Waals surface area contributed by atoms with Gasteiger partial charge in [0.1, 0.15) is 0 Å². The molecule has 5 rings (SSSR count). The molecule has 0 bridgehead atoms. The van der Waals surface area contributed by atoms with Gasteiger partial charge >= 0.3 is 0 Å². The summed E-state index contributed by atoms with van der Waals surface area (Å²) in [5.41, 5.74) is 0. The molecule has 1 saturated carbocycles. The number of amides is 2. The molecule has 0 aromatic rings. The zero-order chi connectivity index (χ0) is 29.6. The molecule has 11 nitrogen and oxygen atoms in total. The molecule has 0 spiro atoms. The summed E-state index contributed by atoms with van der Waals surface area (Å²) in [7, 11) is 0. The largest absolute Gasteiger partial charge is 0.390 e. The van der Waals surface area contributed by atoms with Crippen LogP contribution in [0.2, 0.25) is 0 Å². The van der Waals surface area contributed by atoms with Crippen molar-refractivity contribution >= 4 is 11.8 Å². The fourth-order valence-electron chi connectivity index (χ4n) is 8.04. The smallest absolute Gasteiger partial charge is 0.223 e. The lowest BCUT2D eigenvalue weighted by atomic mass is 9.74. The van der Waals surface area contributed by atoms with Crippen molar-refractivity contribution in [3.8, 4) is 0 Å². The highest BCUT2D eigenvalue weighted by molar-refractivity contribution is 5.78. The van der Waals surface area contributed by atoms with Crippen molar-refractivity contribution in [3.63, 3.8) is 0 Å². The van der Waals surface area contributed by atoms with Gasteiger partial charge in [0.15, 0.2) is 0 Å². The highest BCUT2D eigenvalue weighted by atomic mass is 16.5. The Morgan fingerprint density at radius 2 is 1.90 bits per heavy atom. The highest BCUT2D eigenvalue weighted by Gasteiger charge is 2.37. The van der Waals surface area contributed by atoms with Crippen molar-refractivity contribution in [1.29, 1.82) is 0 Å². The fraction of sp³-hybridized carbons (Fsp3) is 0.935. The number of carbonyl (C=O) groups excluding carboxylic acids is 2. The van der Waals surface area contributed by atoms with Gasteiger partial charge in [0.25, 0.3) is 0 Å². The lowest BCUT2D eigenvalue weighted by molar-refractivity contribution is -0.132. The van der Waals surface area contributed by atoms with E-state index in [2.05, 4.69) is 40.0 Å². The van der Waals surface area contributed by atoms with Gasteiger partial charge in [0.2, 0.25) is 11.8 Å². The molecule has 5 fully saturated rings. The van der Waals surface area contributed by atoms with Crippen LogP contribution in [0, 0.1) is 17.8 Å². The molecule has 10 atom stereocenters. The van der Waals surface area contributed by atoms with Gasteiger partial charge in [0, 0.05) is 57.1 Å². The topological polar surface area (TPSA) is 127 Å². The summed E-state index contributed by atoms with van der Waals surface area (Å²) >= 11 is 0. The monoisotopic (exact) mass is 592 g/mol. The predicted molar refractivity (Wildman–Crippen MR) is 161 cm³/mol. The SMILES string of the molecule is CC(=O)N1CC[C@H](NC2CC(C(=O)NC[C@H](O)CN3CCC4CC(OCC5OCNC5C)CCC4C3)CCN2)C[C@H]1C. The lowest BCUT2D eigenvalue weighted by Crippen LogP contribution is -2.57. The van der Waals surface area contributed by atoms with E-state index in [9.17, 15) is 14.7 Å². The molecule has 5 N–H and O–H groups in total. The van der Waals surface area contributed by atoms with Crippen LogP contribution in [0.15, 0.2) is 0 Å². The standard InChI is InChI=1S/C31H56N6O5/c1-20-12-26(8-11-37(20)22(3)38)35-30-14-24(6-9-32-30)31(40)33-15-27(39)17-36-10-7-23-13-28(5-4-25(23)16-36)41-18-29-21(2)34-19-42-29/h20-21,23-30,32,34-35,39H,4-19H2,1-3H3,(H,33,40)/t20-,21?,23?,24?,25?,26+,27+,28?,29?,30?/m1/s1. The van der Waals surface area contributed by atoms with Crippen LogP contribution in [0.5, 0.6) is 0 Å². The second kappa shape index (κ2) is 15.1. The van der Waals surface area contributed by atoms with Gasteiger partial charge in [-0.25, -0.2) is 0 Å². The first kappa shape index (κ1) is 32.1. The van der Waals surface area contributed by atoms with Crippen LogP contribution in [0.25, 0.3) is 0 Å². The lowest BCUT2D eigenvalue weighted by Gasteiger charge is -2.44. The van der Waals surface area contributed by atoms with E-state index in [0.717, 1.165) is 71.1 Å². The van der Waals surface area contributed by atoms with Gasteiger partial charge in [-0.3, -0.25) is 20.2 Å². The number of ether oxygens (including phenoxy) is 2. The first-order valence-corrected chi connectivity index (χ1v) is 16.7. The summed E-state index contributed by atoms with van der Waals surface area (Å²) in [6.45, 7) is 11.7. The van der Waals surface area contributed by atoms with E-state index in [4.69, 9.17) is 9.47 Å². The molecule has 7 unspecified atom stereocenters. The predicted octanol–water partition coefficient (Wildman–Crippen LogP) is 0.620. The van der Waals surface area contributed by atoms with Crippen molar-refractivity contribution in [1.82, 2.24) is 31.1 Å². The zero-order valence-electron chi connectivity index (χ0n) is 26.1. The summed E-state index contributed by atoms with van der Waals surface area (Å²) < 4.78 is 12.0. The molecule has 4 aliphatic heterocycles. The maximum Gasteiger partial charge on any atom is 0.223 e. The Bertz CT molecular complexity index is 896. The first-order chi connectivity index (χ1) is 20.2. The average molecular weight is 593 g/mol. The molecule has 4 heterocycles. The maximum absolute atomic E-state index is 13.0. The minimum atomic E-state index is -0.559. The molecule has 0 aromatic heterocycles. The van der Waals surface area contributed by atoms with Gasteiger partial charge in [-0.1, -0.05) is 0 Å². The van der Waals surface area contributed by atoms with Gasteiger partial charge in [-0.15, -0.1) is 0 Å². The number of aliphatic hydroxyl groups is 1. The number of nitrogens with zero attached hydrogens (tertiary/aromatic N) is 2. The van der Waals surface area contributed by atoms with Crippen molar-refractivity contribution < 1.29 is 24.2 Å². The van der Waals surface area contributed by atoms with Crippen LogP contribution in [-0.4, -0.2) is 122 Å². The number of rotatable bonds is 10. The van der Waals surface area contributed by atoms with Crippen LogP contribution in [0.1, 0.15) is 72.1 Å². The first-order valence-electron chi connectivity index (χ1n) is 16.7. The van der Waals surface area contributed by atoms with E-state index in [-0.39, 0.29) is 36.0 Å². The fourth-order valence-corrected chi connectivity index (χ4v) is 8.04. The van der Waals surface area contributed by atoms with Gasteiger partial charge in [-0.05, 0) is 90.1 Å². The van der Waals surface area contributed by atoms with Gasteiger partial charge in [0.05, 0.1) is 37.8 Å². The van der Waals surface area contributed by atoms with E-state index in [0.29, 0.717) is 56.5 Å². The molecular formula is C31H56N6O5. The van der Waals surface area contributed by atoms with E-state index in [1.54, 1.807) is 6.92 Å². The molecule has 4 saturated heterocycles. The van der Waals surface area contributed by atoms with E-state index < -0.39 is 6.10 Å². The zero-order valence-corrected chi connectivity index (χ0v) is 26.1. The van der Waals surface area contributed by atoms with Crippen LogP contribution in [-0.2, 0) is 19.1 Å². The number of carbonyl (C=O) groups is 2. The minimum Gasteiger partial charge on any atom is -0.390 e. The second-order valence-electron chi connectivity index (χ2n) is 13.8. The summed E-state index contributed by atoms with van der Waals surface area (Å²) in [6, 6.07) is 0.930. The van der Waals surface area contributed by atoms with Gasteiger partial charge in [-0.2, -0.15) is 0 Å². The van der Waals surface area contributed by atoms with Crippen LogP contribution < -0.4 is 21.3 Å². The third-order valence-electron chi connectivity index (χ3n) is 10.6. The van der Waals surface area contributed by atoms with Crippen LogP contribution in [0.3, 0.4) is 0 Å². The average Bonchev–Trinajstić information content (AvgIpc) is 3.39. The summed E-state index contributed by atoms with van der Waals surface area (Å²) in [5.74, 6) is 1.50. The molecule has 1 aliphatic carbocycles. The van der Waals surface area contributed by atoms with E-state index in [1.807, 2.05) is 4.90 Å². The van der Waals surface area contributed by atoms with Gasteiger partial charge < -0.3 is 35.0 Å². The molecule has 0 radical (unpaired) electrons. The minimum absolute atomic E-state index is 0.0485. The molecular weight excluding hydrogens is 536 g/mol. The van der Waals surface area contributed by atoms with E-state index >= 15 is 0 Å². The number of aliphatic hydroxyl groups excluding tert-OH is 1. The molecule has 5 aliphatic rings. The Balaban J connectivity index is 0.966. The summed E-state index contributed by atoms with van der Waals surface area (Å²) in [4.78, 5) is 29.1. The summed E-state index contributed by atoms with van der Waals surface area (Å²) in [6.07, 6.45) is 8.01. The van der Waals surface area contributed by atoms with Crippen molar-refractivity contribution in [2.45, 2.75) is 115 Å². The number of hydrogen-bond donors (Lipinski definition) is 5.